The third-order valence-electron chi connectivity index (χ3n) is 2.66. The Balaban J connectivity index is 1.84. The van der Waals surface area contributed by atoms with E-state index in [4.69, 9.17) is 0 Å². The van der Waals surface area contributed by atoms with Crippen molar-refractivity contribution in [3.63, 3.8) is 0 Å². The van der Waals surface area contributed by atoms with Gasteiger partial charge in [0.15, 0.2) is 0 Å². The summed E-state index contributed by atoms with van der Waals surface area (Å²) in [5.41, 5.74) is 0. The van der Waals surface area contributed by atoms with E-state index >= 15 is 0 Å². The largest absolute Gasteiger partial charge is 0.370 e. The van der Waals surface area contributed by atoms with Crippen LogP contribution in [0.2, 0.25) is 0 Å². The molecule has 2 heterocycles. The van der Waals surface area contributed by atoms with E-state index < -0.39 is 0 Å². The zero-order valence-electron chi connectivity index (χ0n) is 8.60. The second-order valence-electron chi connectivity index (χ2n) is 4.00. The van der Waals surface area contributed by atoms with Gasteiger partial charge in [0, 0.05) is 36.7 Å². The second-order valence-corrected chi connectivity index (χ2v) is 4.79. The highest BCUT2D eigenvalue weighted by atomic mass is 32.1. The molecule has 4 nitrogen and oxygen atoms in total. The molecule has 0 amide bonds. The van der Waals surface area contributed by atoms with Crippen LogP contribution in [0.5, 0.6) is 0 Å². The summed E-state index contributed by atoms with van der Waals surface area (Å²) in [6, 6.07) is 1.22. The minimum atomic E-state index is 0.569. The first-order valence-electron chi connectivity index (χ1n) is 5.03. The van der Waals surface area contributed by atoms with Gasteiger partial charge in [-0.25, -0.2) is 0 Å². The van der Waals surface area contributed by atoms with Gasteiger partial charge in [0.1, 0.15) is 5.00 Å². The molecule has 1 aromatic heterocycles. The fraction of sp³-hybridized carbons (Fsp3) is 0.778. The number of hydrogen-bond acceptors (Lipinski definition) is 5. The molecule has 1 atom stereocenters. The number of rotatable bonds is 3. The van der Waals surface area contributed by atoms with Crippen LogP contribution in [0.4, 0.5) is 5.00 Å². The Morgan fingerprint density at radius 3 is 3.07 bits per heavy atom. The van der Waals surface area contributed by atoms with Crippen molar-refractivity contribution < 1.29 is 0 Å². The lowest BCUT2D eigenvalue weighted by Gasteiger charge is -2.20. The Kier molecular flexibility index (Phi) is 2.98. The monoisotopic (exact) mass is 212 g/mol. The third-order valence-corrected chi connectivity index (χ3v) is 3.25. The lowest BCUT2D eigenvalue weighted by Crippen LogP contribution is -2.31. The first-order valence-corrected chi connectivity index (χ1v) is 5.81. The van der Waals surface area contributed by atoms with E-state index in [0.29, 0.717) is 12.1 Å². The summed E-state index contributed by atoms with van der Waals surface area (Å²) in [5.74, 6) is 0. The minimum Gasteiger partial charge on any atom is -0.370 e. The average Bonchev–Trinajstić information content (AvgIpc) is 2.75. The quantitative estimate of drug-likeness (QED) is 0.823. The molecule has 0 saturated carbocycles. The average molecular weight is 212 g/mol. The molecule has 1 aliphatic heterocycles. The van der Waals surface area contributed by atoms with Gasteiger partial charge in [-0.15, -0.1) is 5.10 Å². The first kappa shape index (κ1) is 9.86. The van der Waals surface area contributed by atoms with Crippen molar-refractivity contribution in [3.8, 4) is 0 Å². The molecule has 1 aromatic rings. The van der Waals surface area contributed by atoms with Crippen LogP contribution in [0.15, 0.2) is 6.20 Å². The highest BCUT2D eigenvalue weighted by Gasteiger charge is 2.24. The molecule has 1 N–H and O–H groups in total. The summed E-state index contributed by atoms with van der Waals surface area (Å²) in [7, 11) is 0. The van der Waals surface area contributed by atoms with E-state index in [1.165, 1.54) is 24.5 Å². The summed E-state index contributed by atoms with van der Waals surface area (Å²) in [5, 5.41) is 8.35. The van der Waals surface area contributed by atoms with Gasteiger partial charge in [0.25, 0.3) is 0 Å². The molecule has 2 rings (SSSR count). The highest BCUT2D eigenvalue weighted by Crippen LogP contribution is 2.18. The van der Waals surface area contributed by atoms with Gasteiger partial charge < -0.3 is 5.32 Å². The Hall–Kier alpha value is -0.680. The van der Waals surface area contributed by atoms with E-state index in [2.05, 4.69) is 33.7 Å². The van der Waals surface area contributed by atoms with E-state index in [0.717, 1.165) is 11.5 Å². The van der Waals surface area contributed by atoms with E-state index in [1.807, 2.05) is 0 Å². The molecular weight excluding hydrogens is 196 g/mol. The van der Waals surface area contributed by atoms with E-state index in [1.54, 1.807) is 6.20 Å². The molecular formula is C9H16N4S. The van der Waals surface area contributed by atoms with Crippen LogP contribution in [0, 0.1) is 0 Å². The van der Waals surface area contributed by atoms with Gasteiger partial charge in [0.05, 0.1) is 6.20 Å². The number of nitrogens with zero attached hydrogens (tertiary/aromatic N) is 3. The lowest BCUT2D eigenvalue weighted by molar-refractivity contribution is 0.274. The second kappa shape index (κ2) is 4.23. The summed E-state index contributed by atoms with van der Waals surface area (Å²) >= 11 is 1.43. The van der Waals surface area contributed by atoms with Crippen molar-refractivity contribution in [3.05, 3.63) is 6.20 Å². The molecule has 78 valence electrons. The third kappa shape index (κ3) is 2.22. The van der Waals surface area contributed by atoms with Crippen LogP contribution in [0.1, 0.15) is 20.3 Å². The molecule has 1 aliphatic rings. The number of likely N-dealkylation sites (tertiary alicyclic amines) is 1. The number of nitrogens with one attached hydrogen (secondary N) is 1. The van der Waals surface area contributed by atoms with Crippen molar-refractivity contribution in [1.82, 2.24) is 14.5 Å². The zero-order valence-corrected chi connectivity index (χ0v) is 9.42. The van der Waals surface area contributed by atoms with Gasteiger partial charge in [0.2, 0.25) is 0 Å². The van der Waals surface area contributed by atoms with Crippen molar-refractivity contribution in [1.29, 1.82) is 0 Å². The molecule has 1 unspecified atom stereocenters. The molecule has 14 heavy (non-hydrogen) atoms. The van der Waals surface area contributed by atoms with Crippen LogP contribution in [-0.4, -0.2) is 39.7 Å². The first-order chi connectivity index (χ1) is 6.75. The van der Waals surface area contributed by atoms with Crippen LogP contribution in [0.3, 0.4) is 0 Å². The molecule has 0 radical (unpaired) electrons. The van der Waals surface area contributed by atoms with Crippen LogP contribution >= 0.6 is 11.5 Å². The van der Waals surface area contributed by atoms with E-state index in [-0.39, 0.29) is 0 Å². The summed E-state index contributed by atoms with van der Waals surface area (Å²) in [4.78, 5) is 2.49. The molecule has 0 bridgehead atoms. The molecule has 0 aromatic carbocycles. The summed E-state index contributed by atoms with van der Waals surface area (Å²) < 4.78 is 3.83. The highest BCUT2D eigenvalue weighted by molar-refractivity contribution is 7.09. The molecule has 1 fully saturated rings. The smallest absolute Gasteiger partial charge is 0.130 e. The van der Waals surface area contributed by atoms with Gasteiger partial charge in [-0.1, -0.05) is 4.49 Å². The van der Waals surface area contributed by atoms with Crippen LogP contribution < -0.4 is 5.32 Å². The van der Waals surface area contributed by atoms with Crippen LogP contribution in [0.25, 0.3) is 0 Å². The van der Waals surface area contributed by atoms with Gasteiger partial charge in [-0.05, 0) is 20.3 Å². The van der Waals surface area contributed by atoms with Crippen molar-refractivity contribution >= 4 is 16.5 Å². The normalized spacial score (nSPS) is 23.2. The zero-order chi connectivity index (χ0) is 9.97. The number of hydrogen-bond donors (Lipinski definition) is 1. The van der Waals surface area contributed by atoms with E-state index in [9.17, 15) is 0 Å². The fourth-order valence-electron chi connectivity index (χ4n) is 1.81. The standard InChI is InChI=1S/C9H16N4S/c1-7(2)13-4-3-8(6-13)11-9-5-10-12-14-9/h5,7-8,11H,3-4,6H2,1-2H3. The number of aromatic nitrogens is 2. The Bertz CT molecular complexity index is 272. The maximum atomic E-state index is 3.83. The summed E-state index contributed by atoms with van der Waals surface area (Å²) in [6.45, 7) is 6.82. The predicted octanol–water partition coefficient (Wildman–Crippen LogP) is 1.43. The maximum absolute atomic E-state index is 3.83. The SMILES string of the molecule is CC(C)N1CCC(Nc2cnns2)C1. The lowest BCUT2D eigenvalue weighted by atomic mass is 10.3. The minimum absolute atomic E-state index is 0.569. The van der Waals surface area contributed by atoms with Gasteiger partial charge >= 0.3 is 0 Å². The Morgan fingerprint density at radius 1 is 1.64 bits per heavy atom. The van der Waals surface area contributed by atoms with Crippen molar-refractivity contribution in [2.75, 3.05) is 18.4 Å². The topological polar surface area (TPSA) is 41.0 Å². The predicted molar refractivity (Wildman–Crippen MR) is 58.6 cm³/mol. The molecule has 5 heteroatoms. The number of anilines is 1. The van der Waals surface area contributed by atoms with Gasteiger partial charge in [-0.2, -0.15) is 0 Å². The van der Waals surface area contributed by atoms with Gasteiger partial charge in [-0.3, -0.25) is 4.90 Å². The molecule has 0 spiro atoms. The Morgan fingerprint density at radius 2 is 2.50 bits per heavy atom. The maximum Gasteiger partial charge on any atom is 0.130 e. The Labute approximate surface area is 88.5 Å². The van der Waals surface area contributed by atoms with Crippen LogP contribution in [-0.2, 0) is 0 Å². The fourth-order valence-corrected chi connectivity index (χ4v) is 2.30. The molecule has 1 saturated heterocycles. The van der Waals surface area contributed by atoms with Crippen molar-refractivity contribution in [2.45, 2.75) is 32.4 Å². The summed E-state index contributed by atoms with van der Waals surface area (Å²) in [6.07, 6.45) is 3.01. The molecule has 0 aliphatic carbocycles. The van der Waals surface area contributed by atoms with Crippen molar-refractivity contribution in [2.24, 2.45) is 0 Å².